The van der Waals surface area contributed by atoms with Gasteiger partial charge in [0.1, 0.15) is 4.90 Å². The van der Waals surface area contributed by atoms with Crippen LogP contribution in [0.5, 0.6) is 0 Å². The molecule has 0 saturated carbocycles. The zero-order valence-corrected chi connectivity index (χ0v) is 11.0. The van der Waals surface area contributed by atoms with Crippen molar-refractivity contribution >= 4 is 21.6 Å². The summed E-state index contributed by atoms with van der Waals surface area (Å²) in [6.45, 7) is 3.11. The van der Waals surface area contributed by atoms with Crippen LogP contribution in [0.15, 0.2) is 23.4 Å². The monoisotopic (exact) mass is 272 g/mol. The van der Waals surface area contributed by atoms with Gasteiger partial charge in [-0.05, 0) is 19.9 Å². The van der Waals surface area contributed by atoms with Gasteiger partial charge in [0, 0.05) is 24.4 Å². The van der Waals surface area contributed by atoms with Crippen LogP contribution in [-0.2, 0) is 14.8 Å². The number of rotatable bonds is 5. The maximum Gasteiger partial charge on any atom is 0.244 e. The summed E-state index contributed by atoms with van der Waals surface area (Å²) < 4.78 is 26.5. The van der Waals surface area contributed by atoms with E-state index in [1.807, 2.05) is 0 Å². The molecule has 0 atom stereocenters. The minimum Gasteiger partial charge on any atom is -0.398 e. The minimum atomic E-state index is -3.84. The minimum absolute atomic E-state index is 0.0902. The molecule has 0 aromatic carbocycles. The lowest BCUT2D eigenvalue weighted by Gasteiger charge is -2.24. The van der Waals surface area contributed by atoms with Crippen LogP contribution in [0.2, 0.25) is 0 Å². The Hall–Kier alpha value is -1.67. The van der Waals surface area contributed by atoms with Crippen molar-refractivity contribution in [3.63, 3.8) is 0 Å². The lowest BCUT2D eigenvalue weighted by Crippen LogP contribution is -2.46. The molecule has 5 N–H and O–H groups in total. The average Bonchev–Trinajstić information content (AvgIpc) is 2.13. The van der Waals surface area contributed by atoms with Crippen LogP contribution >= 0.6 is 0 Å². The van der Waals surface area contributed by atoms with Crippen LogP contribution in [0, 0.1) is 0 Å². The molecule has 0 fully saturated rings. The highest BCUT2D eigenvalue weighted by atomic mass is 32.2. The predicted octanol–water partition coefficient (Wildman–Crippen LogP) is -0.404. The third-order valence-electron chi connectivity index (χ3n) is 2.13. The zero-order valence-electron chi connectivity index (χ0n) is 10.2. The fraction of sp³-hybridized carbons (Fsp3) is 0.400. The summed E-state index contributed by atoms with van der Waals surface area (Å²) in [6.07, 6.45) is 2.42. The fourth-order valence-electron chi connectivity index (χ4n) is 1.51. The molecule has 0 aliphatic carbocycles. The van der Waals surface area contributed by atoms with Crippen molar-refractivity contribution in [1.29, 1.82) is 0 Å². The van der Waals surface area contributed by atoms with Crippen LogP contribution in [-0.4, -0.2) is 24.8 Å². The number of nitrogens with one attached hydrogen (secondary N) is 1. The largest absolute Gasteiger partial charge is 0.398 e. The fourth-order valence-corrected chi connectivity index (χ4v) is 2.99. The summed E-state index contributed by atoms with van der Waals surface area (Å²) in [6, 6.07) is 1.38. The molecular formula is C10H16N4O3S. The summed E-state index contributed by atoms with van der Waals surface area (Å²) in [5, 5.41) is 0. The Morgan fingerprint density at radius 3 is 2.61 bits per heavy atom. The third-order valence-corrected chi connectivity index (χ3v) is 3.87. The smallest absolute Gasteiger partial charge is 0.244 e. The van der Waals surface area contributed by atoms with Gasteiger partial charge in [-0.2, -0.15) is 0 Å². The van der Waals surface area contributed by atoms with E-state index >= 15 is 0 Å². The summed E-state index contributed by atoms with van der Waals surface area (Å²) in [7, 11) is -3.84. The normalized spacial score (nSPS) is 12.3. The van der Waals surface area contributed by atoms with Crippen LogP contribution in [0.1, 0.15) is 20.3 Å². The van der Waals surface area contributed by atoms with E-state index in [1.165, 1.54) is 12.3 Å². The molecule has 1 aromatic rings. The topological polar surface area (TPSA) is 128 Å². The molecule has 0 unspecified atom stereocenters. The molecule has 0 radical (unpaired) electrons. The first-order valence-electron chi connectivity index (χ1n) is 5.16. The van der Waals surface area contributed by atoms with E-state index in [0.717, 1.165) is 6.20 Å². The second-order valence-electron chi connectivity index (χ2n) is 4.55. The molecule has 1 aromatic heterocycles. The van der Waals surface area contributed by atoms with Gasteiger partial charge in [-0.25, -0.2) is 13.1 Å². The number of aromatic nitrogens is 1. The molecular weight excluding hydrogens is 256 g/mol. The van der Waals surface area contributed by atoms with Crippen molar-refractivity contribution in [2.24, 2.45) is 5.73 Å². The average molecular weight is 272 g/mol. The molecule has 1 rings (SSSR count). The number of primary amides is 1. The molecule has 1 amide bonds. The van der Waals surface area contributed by atoms with Crippen molar-refractivity contribution in [2.75, 3.05) is 5.73 Å². The molecule has 0 aliphatic heterocycles. The Balaban J connectivity index is 3.03. The van der Waals surface area contributed by atoms with E-state index < -0.39 is 21.5 Å². The number of carbonyl (C=O) groups excluding carboxylic acids is 1. The lowest BCUT2D eigenvalue weighted by molar-refractivity contribution is -0.119. The Labute approximate surface area is 106 Å². The molecule has 0 saturated heterocycles. The van der Waals surface area contributed by atoms with Crippen molar-refractivity contribution in [3.8, 4) is 0 Å². The van der Waals surface area contributed by atoms with Gasteiger partial charge in [-0.3, -0.25) is 9.78 Å². The van der Waals surface area contributed by atoms with Gasteiger partial charge < -0.3 is 11.5 Å². The number of sulfonamides is 1. The summed E-state index contributed by atoms with van der Waals surface area (Å²) in [4.78, 5) is 14.4. The number of carbonyl (C=O) groups is 1. The molecule has 8 heteroatoms. The van der Waals surface area contributed by atoms with Gasteiger partial charge in [-0.1, -0.05) is 0 Å². The molecule has 7 nitrogen and oxygen atoms in total. The summed E-state index contributed by atoms with van der Waals surface area (Å²) >= 11 is 0. The Kier molecular flexibility index (Phi) is 3.92. The van der Waals surface area contributed by atoms with E-state index in [4.69, 9.17) is 11.5 Å². The molecule has 0 bridgehead atoms. The van der Waals surface area contributed by atoms with Crippen molar-refractivity contribution in [3.05, 3.63) is 18.5 Å². The van der Waals surface area contributed by atoms with Gasteiger partial charge in [-0.15, -0.1) is 0 Å². The SMILES string of the molecule is CC(C)(CC(N)=O)NS(=O)(=O)c1cnccc1N. The number of hydrogen-bond acceptors (Lipinski definition) is 5. The van der Waals surface area contributed by atoms with Gasteiger partial charge in [0.2, 0.25) is 15.9 Å². The van der Waals surface area contributed by atoms with Gasteiger partial charge in [0.05, 0.1) is 5.69 Å². The molecule has 0 spiro atoms. The predicted molar refractivity (Wildman–Crippen MR) is 66.9 cm³/mol. The maximum absolute atomic E-state index is 12.1. The van der Waals surface area contributed by atoms with Gasteiger partial charge >= 0.3 is 0 Å². The van der Waals surface area contributed by atoms with Crippen LogP contribution in [0.25, 0.3) is 0 Å². The van der Waals surface area contributed by atoms with Gasteiger partial charge in [0.15, 0.2) is 0 Å². The van der Waals surface area contributed by atoms with Crippen molar-refractivity contribution in [2.45, 2.75) is 30.7 Å². The van der Waals surface area contributed by atoms with E-state index in [1.54, 1.807) is 13.8 Å². The van der Waals surface area contributed by atoms with Crippen LogP contribution in [0.4, 0.5) is 5.69 Å². The Bertz CT molecular complexity index is 554. The second-order valence-corrected chi connectivity index (χ2v) is 6.20. The summed E-state index contributed by atoms with van der Waals surface area (Å²) in [5.41, 5.74) is 9.73. The number of amides is 1. The lowest BCUT2D eigenvalue weighted by atomic mass is 10.0. The van der Waals surface area contributed by atoms with Crippen molar-refractivity contribution < 1.29 is 13.2 Å². The Morgan fingerprint density at radius 1 is 1.50 bits per heavy atom. The quantitative estimate of drug-likeness (QED) is 0.671. The first-order chi connectivity index (χ1) is 8.14. The molecule has 100 valence electrons. The molecule has 18 heavy (non-hydrogen) atoms. The van der Waals surface area contributed by atoms with Gasteiger partial charge in [0.25, 0.3) is 0 Å². The number of nitrogen functional groups attached to an aromatic ring is 1. The highest BCUT2D eigenvalue weighted by molar-refractivity contribution is 7.89. The summed E-state index contributed by atoms with van der Waals surface area (Å²) in [5.74, 6) is -0.596. The first kappa shape index (κ1) is 14.4. The maximum atomic E-state index is 12.1. The zero-order chi connectivity index (χ0) is 14.0. The standard InChI is InChI=1S/C10H16N4O3S/c1-10(2,5-9(12)15)14-18(16,17)8-6-13-4-3-7(8)11/h3-4,6,14H,5H2,1-2H3,(H2,11,13)(H2,12,15). The molecule has 1 heterocycles. The van der Waals surface area contributed by atoms with E-state index in [2.05, 4.69) is 9.71 Å². The first-order valence-corrected chi connectivity index (χ1v) is 6.64. The van der Waals surface area contributed by atoms with E-state index in [0.29, 0.717) is 0 Å². The number of nitrogens with two attached hydrogens (primary N) is 2. The number of anilines is 1. The van der Waals surface area contributed by atoms with E-state index in [9.17, 15) is 13.2 Å². The number of nitrogens with zero attached hydrogens (tertiary/aromatic N) is 1. The third kappa shape index (κ3) is 3.67. The highest BCUT2D eigenvalue weighted by Gasteiger charge is 2.29. The Morgan fingerprint density at radius 2 is 2.11 bits per heavy atom. The van der Waals surface area contributed by atoms with Crippen LogP contribution < -0.4 is 16.2 Å². The van der Waals surface area contributed by atoms with E-state index in [-0.39, 0.29) is 17.0 Å². The highest BCUT2D eigenvalue weighted by Crippen LogP contribution is 2.19. The van der Waals surface area contributed by atoms with Crippen molar-refractivity contribution in [1.82, 2.24) is 9.71 Å². The van der Waals surface area contributed by atoms with Crippen LogP contribution in [0.3, 0.4) is 0 Å². The molecule has 0 aliphatic rings. The number of pyridine rings is 1. The second kappa shape index (κ2) is 4.91. The number of hydrogen-bond donors (Lipinski definition) is 3.